The molecule has 2 aliphatic carbocycles. The zero-order chi connectivity index (χ0) is 44.6. The zero-order valence-electron chi connectivity index (χ0n) is 33.2. The molecule has 0 aliphatic heterocycles. The average Bonchev–Trinajstić information content (AvgIpc) is 3.77. The number of nitrogens with zero attached hydrogens (tertiary/aromatic N) is 5. The van der Waals surface area contributed by atoms with Crippen molar-refractivity contribution in [2.75, 3.05) is 11.0 Å². The highest BCUT2D eigenvalue weighted by atomic mass is 35.5. The highest BCUT2D eigenvalue weighted by Crippen LogP contribution is 2.46. The fourth-order valence-electron chi connectivity index (χ4n) is 7.53. The Morgan fingerprint density at radius 2 is 1.67 bits per heavy atom. The highest BCUT2D eigenvalue weighted by Gasteiger charge is 2.49. The number of carbonyl (C=O) groups excluding carboxylic acids is 1. The molecule has 2 N–H and O–H groups in total. The van der Waals surface area contributed by atoms with Crippen molar-refractivity contribution >= 4 is 54.1 Å². The van der Waals surface area contributed by atoms with E-state index >= 15 is 8.78 Å². The molecular weight excluding hydrogens is 872 g/mol. The van der Waals surface area contributed by atoms with E-state index in [0.717, 1.165) is 18.4 Å². The van der Waals surface area contributed by atoms with Crippen molar-refractivity contribution < 1.29 is 48.0 Å². The van der Waals surface area contributed by atoms with Crippen molar-refractivity contribution in [3.05, 3.63) is 93.0 Å². The van der Waals surface area contributed by atoms with E-state index in [1.807, 2.05) is 0 Å². The Labute approximate surface area is 352 Å². The Balaban J connectivity index is 1.41. The first-order valence-electron chi connectivity index (χ1n) is 18.8. The lowest BCUT2D eigenvalue weighted by atomic mass is 9.93. The van der Waals surface area contributed by atoms with Crippen molar-refractivity contribution in [2.45, 2.75) is 87.3 Å². The number of sulfonamides is 1. The molecule has 3 aromatic heterocycles. The van der Waals surface area contributed by atoms with E-state index in [1.54, 1.807) is 6.07 Å². The van der Waals surface area contributed by atoms with E-state index < -0.39 is 102 Å². The van der Waals surface area contributed by atoms with Crippen LogP contribution in [0.2, 0.25) is 5.02 Å². The molecule has 0 bridgehead atoms. The molecule has 7 rings (SSSR count). The van der Waals surface area contributed by atoms with Crippen LogP contribution < -0.4 is 10.0 Å². The Kier molecular flexibility index (Phi) is 11.1. The molecule has 3 heterocycles. The van der Waals surface area contributed by atoms with Crippen LogP contribution in [-0.2, 0) is 62.9 Å². The minimum absolute atomic E-state index is 0.00324. The number of benzene rings is 2. The number of hydrogen-bond donors (Lipinski definition) is 2. The lowest BCUT2D eigenvalue weighted by Gasteiger charge is -2.23. The molecule has 1 fully saturated rings. The SMILES string of the molecule is Cn1nc(NS(C)(=O)=O)c2c(Cl)ccc(-c3ccc(C#CC(C)(C)S(=O)(=O)C4CC4)nc3[C@H](Cc3cc(F)cc(F)c3)NC(=O)Cn3nc(C(C)(F)F)c4c3C(F)(F)CC4)c21. The van der Waals surface area contributed by atoms with Gasteiger partial charge >= 0.3 is 0 Å². The van der Waals surface area contributed by atoms with Gasteiger partial charge in [-0.15, -0.1) is 0 Å². The Morgan fingerprint density at radius 1 is 1.02 bits per heavy atom. The number of hydrogen-bond acceptors (Lipinski definition) is 8. The Morgan fingerprint density at radius 3 is 2.30 bits per heavy atom. The van der Waals surface area contributed by atoms with Crippen molar-refractivity contribution in [3.8, 4) is 23.0 Å². The van der Waals surface area contributed by atoms with Crippen LogP contribution in [0.1, 0.15) is 80.0 Å². The molecule has 5 aromatic rings. The third-order valence-electron chi connectivity index (χ3n) is 10.4. The van der Waals surface area contributed by atoms with E-state index in [1.165, 1.54) is 43.8 Å². The number of aryl methyl sites for hydroxylation is 1. The van der Waals surface area contributed by atoms with E-state index in [4.69, 9.17) is 16.6 Å². The fraction of sp³-hybridized carbons (Fsp3) is 0.400. The molecule has 61 heavy (non-hydrogen) atoms. The fourth-order valence-corrected chi connectivity index (χ4v) is 10.0. The van der Waals surface area contributed by atoms with Crippen LogP contribution in [0.3, 0.4) is 0 Å². The quantitative estimate of drug-likeness (QED) is 0.0993. The van der Waals surface area contributed by atoms with Gasteiger partial charge in [-0.2, -0.15) is 27.8 Å². The molecule has 2 aliphatic rings. The molecule has 2 aromatic carbocycles. The predicted molar refractivity (Wildman–Crippen MR) is 215 cm³/mol. The van der Waals surface area contributed by atoms with Gasteiger partial charge < -0.3 is 5.32 Å². The number of pyridine rings is 1. The summed E-state index contributed by atoms with van der Waals surface area (Å²) < 4.78 is 143. The molecule has 0 spiro atoms. The highest BCUT2D eigenvalue weighted by molar-refractivity contribution is 7.93. The number of alkyl halides is 4. The largest absolute Gasteiger partial charge is 0.346 e. The number of carbonyl (C=O) groups is 1. The van der Waals surface area contributed by atoms with Gasteiger partial charge in [0, 0.05) is 43.1 Å². The van der Waals surface area contributed by atoms with Gasteiger partial charge in [0.1, 0.15) is 40.0 Å². The molecule has 1 saturated carbocycles. The number of nitrogens with one attached hydrogen (secondary N) is 2. The molecular formula is C40H38ClF6N7O5S2. The maximum absolute atomic E-state index is 15.2. The van der Waals surface area contributed by atoms with Gasteiger partial charge in [-0.1, -0.05) is 23.6 Å². The monoisotopic (exact) mass is 909 g/mol. The topological polar surface area (TPSA) is 158 Å². The number of anilines is 1. The first kappa shape index (κ1) is 43.9. The molecule has 1 atom stereocenters. The first-order valence-corrected chi connectivity index (χ1v) is 22.6. The van der Waals surface area contributed by atoms with Crippen molar-refractivity contribution in [2.24, 2.45) is 7.05 Å². The van der Waals surface area contributed by atoms with E-state index in [0.29, 0.717) is 36.1 Å². The zero-order valence-corrected chi connectivity index (χ0v) is 35.6. The smallest absolute Gasteiger partial charge is 0.290 e. The van der Waals surface area contributed by atoms with Crippen molar-refractivity contribution in [1.29, 1.82) is 0 Å². The summed E-state index contributed by atoms with van der Waals surface area (Å²) in [5.41, 5.74) is -1.35. The van der Waals surface area contributed by atoms with E-state index in [2.05, 4.69) is 32.1 Å². The van der Waals surface area contributed by atoms with Crippen LogP contribution in [0.15, 0.2) is 42.5 Å². The summed E-state index contributed by atoms with van der Waals surface area (Å²) in [7, 11) is -6.04. The second-order valence-electron chi connectivity index (χ2n) is 15.8. The standard InChI is InChI=1S/C40H38ClF6N7O5S2/c1-38(2,61(58,59)25-7-8-25)14-12-24-6-9-26(27-10-11-29(41)32-34(27)53(4)51-37(32)52-60(5,56)57)33(48-24)30(18-21-16-22(42)19-23(43)17-21)49-31(55)20-54-36-28(13-15-40(36,46)47)35(50-54)39(3,44)45/h6,9-11,16-17,19,25,30H,7-8,13,15,18,20H2,1-5H3,(H,49,55)(H,51,52)/t30-/m0/s1. The number of rotatable bonds is 12. The van der Waals surface area contributed by atoms with Crippen LogP contribution in [-0.4, -0.2) is 63.5 Å². The first-order chi connectivity index (χ1) is 28.3. The Bertz CT molecular complexity index is 2900. The number of amides is 1. The minimum Gasteiger partial charge on any atom is -0.346 e. The lowest BCUT2D eigenvalue weighted by Crippen LogP contribution is -2.35. The van der Waals surface area contributed by atoms with Crippen LogP contribution in [0.25, 0.3) is 22.0 Å². The average molecular weight is 910 g/mol. The molecule has 12 nitrogen and oxygen atoms in total. The van der Waals surface area contributed by atoms with E-state index in [-0.39, 0.29) is 49.8 Å². The second kappa shape index (κ2) is 15.3. The molecule has 0 radical (unpaired) electrons. The van der Waals surface area contributed by atoms with Crippen LogP contribution in [0.4, 0.5) is 32.2 Å². The summed E-state index contributed by atoms with van der Waals surface area (Å²) in [5, 5.41) is 10.5. The van der Waals surface area contributed by atoms with Gasteiger partial charge in [0.25, 0.3) is 11.8 Å². The van der Waals surface area contributed by atoms with Gasteiger partial charge in [0.2, 0.25) is 15.9 Å². The van der Waals surface area contributed by atoms with Gasteiger partial charge in [-0.25, -0.2) is 30.6 Å². The van der Waals surface area contributed by atoms with Crippen LogP contribution >= 0.6 is 11.6 Å². The molecule has 0 saturated heterocycles. The maximum Gasteiger partial charge on any atom is 0.290 e. The summed E-state index contributed by atoms with van der Waals surface area (Å²) in [6, 6.07) is 7.22. The number of sulfone groups is 1. The maximum atomic E-state index is 15.2. The third kappa shape index (κ3) is 8.82. The number of halogens is 7. The summed E-state index contributed by atoms with van der Waals surface area (Å²) in [6.07, 6.45) is 0.343. The van der Waals surface area contributed by atoms with Gasteiger partial charge in [-0.3, -0.25) is 18.9 Å². The normalized spacial score (nSPS) is 15.9. The third-order valence-corrected chi connectivity index (χ3v) is 14.2. The molecule has 324 valence electrons. The van der Waals surface area contributed by atoms with Gasteiger partial charge in [-0.05, 0) is 81.3 Å². The van der Waals surface area contributed by atoms with Gasteiger partial charge in [0.05, 0.1) is 39.2 Å². The van der Waals surface area contributed by atoms with Crippen LogP contribution in [0.5, 0.6) is 0 Å². The van der Waals surface area contributed by atoms with Crippen LogP contribution in [0, 0.1) is 23.5 Å². The van der Waals surface area contributed by atoms with Gasteiger partial charge in [0.15, 0.2) is 15.7 Å². The second-order valence-corrected chi connectivity index (χ2v) is 20.8. The molecule has 1 amide bonds. The minimum atomic E-state index is -3.87. The predicted octanol–water partition coefficient (Wildman–Crippen LogP) is 7.09. The molecule has 0 unspecified atom stereocenters. The summed E-state index contributed by atoms with van der Waals surface area (Å²) in [5.74, 6) is -4.67. The number of aromatic nitrogens is 5. The lowest BCUT2D eigenvalue weighted by molar-refractivity contribution is -0.122. The van der Waals surface area contributed by atoms with Crippen molar-refractivity contribution in [1.82, 2.24) is 29.9 Å². The number of fused-ring (bicyclic) bond motifs is 2. The Hall–Kier alpha value is -5.13. The van der Waals surface area contributed by atoms with Crippen molar-refractivity contribution in [3.63, 3.8) is 0 Å². The molecule has 21 heteroatoms. The summed E-state index contributed by atoms with van der Waals surface area (Å²) >= 11 is 6.60. The summed E-state index contributed by atoms with van der Waals surface area (Å²) in [4.78, 5) is 18.8. The summed E-state index contributed by atoms with van der Waals surface area (Å²) in [6.45, 7) is 2.44. The van der Waals surface area contributed by atoms with E-state index in [9.17, 15) is 39.2 Å².